The first-order chi connectivity index (χ1) is 10.5. The van der Waals surface area contributed by atoms with E-state index in [1.54, 1.807) is 18.2 Å². The van der Waals surface area contributed by atoms with Gasteiger partial charge in [0.1, 0.15) is 18.1 Å². The van der Waals surface area contributed by atoms with Crippen molar-refractivity contribution in [2.75, 3.05) is 17.7 Å². The van der Waals surface area contributed by atoms with E-state index in [1.165, 1.54) is 18.2 Å². The van der Waals surface area contributed by atoms with Crippen LogP contribution in [-0.2, 0) is 0 Å². The third-order valence-electron chi connectivity index (χ3n) is 2.77. The third-order valence-corrected chi connectivity index (χ3v) is 3.00. The molecule has 0 aromatic heterocycles. The maximum Gasteiger partial charge on any atom is 0.259 e. The summed E-state index contributed by atoms with van der Waals surface area (Å²) < 4.78 is 5.34. The molecule has 4 N–H and O–H groups in total. The van der Waals surface area contributed by atoms with Gasteiger partial charge in [-0.1, -0.05) is 17.5 Å². The van der Waals surface area contributed by atoms with Crippen molar-refractivity contribution in [1.29, 1.82) is 0 Å². The van der Waals surface area contributed by atoms with Gasteiger partial charge in [0.15, 0.2) is 0 Å². The van der Waals surface area contributed by atoms with E-state index in [9.17, 15) is 9.90 Å². The minimum Gasteiger partial charge on any atom is -0.507 e. The van der Waals surface area contributed by atoms with Crippen LogP contribution in [0.3, 0.4) is 0 Å². The average molecular weight is 317 g/mol. The number of ether oxygens (including phenoxy) is 1. The highest BCUT2D eigenvalue weighted by atomic mass is 35.5. The molecular formula is C16H13ClN2O3. The Morgan fingerprint density at radius 2 is 2.14 bits per heavy atom. The fourth-order valence-corrected chi connectivity index (χ4v) is 1.93. The Morgan fingerprint density at radius 3 is 2.86 bits per heavy atom. The summed E-state index contributed by atoms with van der Waals surface area (Å²) in [6, 6.07) is 8.93. The number of hydrogen-bond acceptors (Lipinski definition) is 4. The van der Waals surface area contributed by atoms with E-state index >= 15 is 0 Å². The van der Waals surface area contributed by atoms with Crippen molar-refractivity contribution in [3.05, 3.63) is 47.0 Å². The van der Waals surface area contributed by atoms with Gasteiger partial charge in [0.25, 0.3) is 5.91 Å². The number of benzene rings is 2. The topological polar surface area (TPSA) is 84.6 Å². The second kappa shape index (κ2) is 6.74. The van der Waals surface area contributed by atoms with E-state index in [1.807, 2.05) is 0 Å². The number of amides is 1. The molecule has 2 aromatic rings. The molecule has 2 rings (SSSR count). The average Bonchev–Trinajstić information content (AvgIpc) is 2.49. The van der Waals surface area contributed by atoms with Crippen LogP contribution in [0.5, 0.6) is 11.5 Å². The van der Waals surface area contributed by atoms with E-state index in [4.69, 9.17) is 28.5 Å². The molecule has 0 atom stereocenters. The number of carbonyl (C=O) groups is 1. The normalized spacial score (nSPS) is 9.82. The van der Waals surface area contributed by atoms with Crippen molar-refractivity contribution in [2.45, 2.75) is 0 Å². The van der Waals surface area contributed by atoms with E-state index in [2.05, 4.69) is 11.2 Å². The van der Waals surface area contributed by atoms with Gasteiger partial charge in [0.05, 0.1) is 11.3 Å². The summed E-state index contributed by atoms with van der Waals surface area (Å²) in [6.07, 6.45) is 5.15. The summed E-state index contributed by atoms with van der Waals surface area (Å²) in [5, 5.41) is 12.7. The van der Waals surface area contributed by atoms with Crippen molar-refractivity contribution >= 4 is 28.9 Å². The monoisotopic (exact) mass is 316 g/mol. The predicted molar refractivity (Wildman–Crippen MR) is 86.3 cm³/mol. The molecule has 0 saturated heterocycles. The smallest absolute Gasteiger partial charge is 0.259 e. The zero-order valence-corrected chi connectivity index (χ0v) is 12.2. The highest BCUT2D eigenvalue weighted by molar-refractivity contribution is 6.31. The van der Waals surface area contributed by atoms with Crippen molar-refractivity contribution in [2.24, 2.45) is 0 Å². The Hall–Kier alpha value is -2.84. The molecule has 0 aliphatic heterocycles. The van der Waals surface area contributed by atoms with Gasteiger partial charge in [0.2, 0.25) is 0 Å². The van der Waals surface area contributed by atoms with E-state index in [0.717, 1.165) is 0 Å². The second-order valence-corrected chi connectivity index (χ2v) is 4.80. The zero-order valence-electron chi connectivity index (χ0n) is 11.5. The number of nitrogens with two attached hydrogens (primary N) is 1. The van der Waals surface area contributed by atoms with Crippen molar-refractivity contribution in [3.8, 4) is 23.8 Å². The lowest BCUT2D eigenvalue weighted by atomic mass is 10.1. The molecule has 0 bridgehead atoms. The van der Waals surface area contributed by atoms with Crippen LogP contribution in [0.1, 0.15) is 10.4 Å². The Morgan fingerprint density at radius 1 is 1.36 bits per heavy atom. The largest absolute Gasteiger partial charge is 0.507 e. The summed E-state index contributed by atoms with van der Waals surface area (Å²) in [5.41, 5.74) is 6.58. The number of terminal acetylenes is 1. The van der Waals surface area contributed by atoms with Crippen LogP contribution in [0.2, 0.25) is 5.02 Å². The summed E-state index contributed by atoms with van der Waals surface area (Å²) in [6.45, 7) is 0.0364. The predicted octanol–water partition coefficient (Wildman–Crippen LogP) is 2.89. The van der Waals surface area contributed by atoms with Gasteiger partial charge in [-0.3, -0.25) is 4.79 Å². The fraction of sp³-hybridized carbons (Fsp3) is 0.0625. The molecule has 0 spiro atoms. The number of nitrogens with one attached hydrogen (secondary N) is 1. The molecule has 0 unspecified atom stereocenters. The number of hydrogen-bond donors (Lipinski definition) is 3. The third kappa shape index (κ3) is 3.62. The highest BCUT2D eigenvalue weighted by Crippen LogP contribution is 2.29. The fourth-order valence-electron chi connectivity index (χ4n) is 1.76. The second-order valence-electron chi connectivity index (χ2n) is 4.36. The number of halogens is 1. The van der Waals surface area contributed by atoms with Crippen molar-refractivity contribution < 1.29 is 14.6 Å². The molecule has 1 amide bonds. The SMILES string of the molecule is C#CCOc1cc(N)ccc1NC(=O)c1cc(Cl)ccc1O. The van der Waals surface area contributed by atoms with Crippen molar-refractivity contribution in [3.63, 3.8) is 0 Å². The van der Waals surface area contributed by atoms with Crippen LogP contribution in [0.15, 0.2) is 36.4 Å². The van der Waals surface area contributed by atoms with Gasteiger partial charge in [0, 0.05) is 16.8 Å². The number of aromatic hydroxyl groups is 1. The Bertz CT molecular complexity index is 754. The molecule has 0 radical (unpaired) electrons. The van der Waals surface area contributed by atoms with Crippen LogP contribution in [0.25, 0.3) is 0 Å². The summed E-state index contributed by atoms with van der Waals surface area (Å²) in [4.78, 5) is 12.2. The zero-order chi connectivity index (χ0) is 16.1. The Balaban J connectivity index is 2.28. The molecule has 6 heteroatoms. The lowest BCUT2D eigenvalue weighted by Gasteiger charge is -2.12. The van der Waals surface area contributed by atoms with Crippen LogP contribution >= 0.6 is 11.6 Å². The number of rotatable bonds is 4. The number of anilines is 2. The lowest BCUT2D eigenvalue weighted by Crippen LogP contribution is -2.13. The first-order valence-electron chi connectivity index (χ1n) is 6.27. The van der Waals surface area contributed by atoms with Gasteiger partial charge in [-0.05, 0) is 30.3 Å². The minimum absolute atomic E-state index is 0.0364. The minimum atomic E-state index is -0.532. The number of phenols is 1. The highest BCUT2D eigenvalue weighted by Gasteiger charge is 2.14. The van der Waals surface area contributed by atoms with Crippen LogP contribution in [0, 0.1) is 12.3 Å². The quantitative estimate of drug-likeness (QED) is 0.598. The first kappa shape index (κ1) is 15.5. The van der Waals surface area contributed by atoms with E-state index in [0.29, 0.717) is 22.1 Å². The maximum atomic E-state index is 12.2. The van der Waals surface area contributed by atoms with Crippen molar-refractivity contribution in [1.82, 2.24) is 0 Å². The molecule has 2 aromatic carbocycles. The van der Waals surface area contributed by atoms with Crippen LogP contribution in [-0.4, -0.2) is 17.6 Å². The van der Waals surface area contributed by atoms with E-state index < -0.39 is 5.91 Å². The lowest BCUT2D eigenvalue weighted by molar-refractivity contribution is 0.102. The Labute approximate surface area is 132 Å². The molecule has 5 nitrogen and oxygen atoms in total. The summed E-state index contributed by atoms with van der Waals surface area (Å²) in [5.74, 6) is 1.96. The van der Waals surface area contributed by atoms with Crippen LogP contribution in [0.4, 0.5) is 11.4 Å². The number of nitrogen functional groups attached to an aromatic ring is 1. The van der Waals surface area contributed by atoms with Gasteiger partial charge in [-0.2, -0.15) is 0 Å². The maximum absolute atomic E-state index is 12.2. The van der Waals surface area contributed by atoms with Gasteiger partial charge in [-0.25, -0.2) is 0 Å². The van der Waals surface area contributed by atoms with Gasteiger partial charge < -0.3 is 20.9 Å². The number of carbonyl (C=O) groups excluding carboxylic acids is 1. The summed E-state index contributed by atoms with van der Waals surface area (Å²) in [7, 11) is 0. The first-order valence-corrected chi connectivity index (χ1v) is 6.64. The van der Waals surface area contributed by atoms with Gasteiger partial charge in [-0.15, -0.1) is 6.42 Å². The van der Waals surface area contributed by atoms with Gasteiger partial charge >= 0.3 is 0 Å². The van der Waals surface area contributed by atoms with Crippen LogP contribution < -0.4 is 15.8 Å². The summed E-state index contributed by atoms with van der Waals surface area (Å²) >= 11 is 5.83. The molecule has 0 fully saturated rings. The molecule has 0 heterocycles. The molecule has 112 valence electrons. The van der Waals surface area contributed by atoms with E-state index in [-0.39, 0.29) is 17.9 Å². The molecule has 0 aliphatic carbocycles. The molecular weight excluding hydrogens is 304 g/mol. The number of phenolic OH excluding ortho intramolecular Hbond substituents is 1. The molecule has 0 aliphatic rings. The molecule has 22 heavy (non-hydrogen) atoms. The Kier molecular flexibility index (Phi) is 4.77. The standard InChI is InChI=1S/C16H13ClN2O3/c1-2-7-22-15-9-11(18)4-5-13(15)19-16(21)12-8-10(17)3-6-14(12)20/h1,3-6,8-9,20H,7,18H2,(H,19,21). The molecule has 0 saturated carbocycles.